The monoisotopic (exact) mass is 328 g/mol. The van der Waals surface area contributed by atoms with Crippen molar-refractivity contribution in [3.8, 4) is 0 Å². The number of hydrogen-bond acceptors (Lipinski definition) is 3. The first-order chi connectivity index (χ1) is 8.94. The van der Waals surface area contributed by atoms with E-state index >= 15 is 0 Å². The van der Waals surface area contributed by atoms with E-state index in [4.69, 9.17) is 19.6 Å². The fraction of sp³-hybridized carbons (Fsp3) is 0.636. The van der Waals surface area contributed by atoms with E-state index in [2.05, 4.69) is 4.74 Å². The van der Waals surface area contributed by atoms with Crippen LogP contribution in [0.5, 0.6) is 0 Å². The highest BCUT2D eigenvalue weighted by Crippen LogP contribution is 2.60. The van der Waals surface area contributed by atoms with Crippen molar-refractivity contribution in [1.29, 1.82) is 0 Å². The molecule has 0 atom stereocenters. The molecule has 0 radical (unpaired) electrons. The van der Waals surface area contributed by atoms with Gasteiger partial charge in [0, 0.05) is 0 Å². The van der Waals surface area contributed by atoms with Crippen molar-refractivity contribution >= 4 is 15.2 Å². The minimum Gasteiger partial charge on any atom is -0.351 e. The topological polar surface area (TPSA) is 124 Å². The first-order valence-corrected chi connectivity index (χ1v) is 9.32. The Bertz CT molecular complexity index is 431. The summed E-state index contributed by atoms with van der Waals surface area (Å²) in [5.41, 5.74) is -0.299. The molecule has 0 aliphatic carbocycles. The Morgan fingerprint density at radius 1 is 1.05 bits per heavy atom. The highest BCUT2D eigenvalue weighted by molar-refractivity contribution is 7.70. The summed E-state index contributed by atoms with van der Waals surface area (Å²) in [5, 5.41) is 0. The van der Waals surface area contributed by atoms with Gasteiger partial charge in [-0.15, -0.1) is 0 Å². The maximum atomic E-state index is 10.9. The molecule has 0 fully saturated rings. The molecule has 0 saturated heterocycles. The quantitative estimate of drug-likeness (QED) is 0.398. The standard InChI is InChI=1S/C11H22O7P2/c1-9(2)5-4-6-10(3)7-8-18-11(19(12,13)14)20(15,16)17/h5,7,11H,4,6,8H2,1-3H3,(H2,12,13,14)(H2,15,16,17)/b10-7+. The molecule has 9 heteroatoms. The number of rotatable bonds is 8. The van der Waals surface area contributed by atoms with Gasteiger partial charge in [-0.2, -0.15) is 0 Å². The number of allylic oxidation sites excluding steroid dienone is 3. The van der Waals surface area contributed by atoms with Gasteiger partial charge in [0.25, 0.3) is 5.59 Å². The van der Waals surface area contributed by atoms with Crippen LogP contribution in [0.3, 0.4) is 0 Å². The molecule has 7 nitrogen and oxygen atoms in total. The van der Waals surface area contributed by atoms with Gasteiger partial charge in [0.05, 0.1) is 6.61 Å². The lowest BCUT2D eigenvalue weighted by Crippen LogP contribution is -2.14. The summed E-state index contributed by atoms with van der Waals surface area (Å²) in [5.74, 6) is 0. The SMILES string of the molecule is CC(C)=CCC/C(C)=C/COC(P(=O)(O)O)P(=O)(O)O. The molecule has 0 spiro atoms. The average molecular weight is 328 g/mol. The first kappa shape index (κ1) is 19.7. The van der Waals surface area contributed by atoms with E-state index in [0.29, 0.717) is 0 Å². The van der Waals surface area contributed by atoms with Gasteiger partial charge in [-0.05, 0) is 33.6 Å². The van der Waals surface area contributed by atoms with E-state index in [9.17, 15) is 9.13 Å². The Hall–Kier alpha value is -0.260. The van der Waals surface area contributed by atoms with Gasteiger partial charge < -0.3 is 24.3 Å². The van der Waals surface area contributed by atoms with Crippen molar-refractivity contribution < 1.29 is 33.4 Å². The Morgan fingerprint density at radius 3 is 1.95 bits per heavy atom. The lowest BCUT2D eigenvalue weighted by Gasteiger charge is -2.19. The molecule has 0 aromatic rings. The zero-order chi connectivity index (χ0) is 16.0. The van der Waals surface area contributed by atoms with Gasteiger partial charge >= 0.3 is 15.2 Å². The van der Waals surface area contributed by atoms with Gasteiger partial charge in [0.2, 0.25) is 0 Å². The molecule has 0 aromatic carbocycles. The second kappa shape index (κ2) is 8.25. The number of hydrogen-bond donors (Lipinski definition) is 4. The molecule has 0 bridgehead atoms. The van der Waals surface area contributed by atoms with E-state index in [1.165, 1.54) is 5.57 Å². The zero-order valence-corrected chi connectivity index (χ0v) is 13.6. The van der Waals surface area contributed by atoms with Crippen LogP contribution in [0.25, 0.3) is 0 Å². The third kappa shape index (κ3) is 8.82. The van der Waals surface area contributed by atoms with Crippen LogP contribution in [0.4, 0.5) is 0 Å². The highest BCUT2D eigenvalue weighted by Gasteiger charge is 2.44. The van der Waals surface area contributed by atoms with Crippen molar-refractivity contribution in [2.75, 3.05) is 6.61 Å². The molecular formula is C11H22O7P2. The van der Waals surface area contributed by atoms with Crippen molar-refractivity contribution in [1.82, 2.24) is 0 Å². The summed E-state index contributed by atoms with van der Waals surface area (Å²) >= 11 is 0. The summed E-state index contributed by atoms with van der Waals surface area (Å²) in [7, 11) is -10.0. The largest absolute Gasteiger partial charge is 0.366 e. The van der Waals surface area contributed by atoms with Crippen LogP contribution in [-0.2, 0) is 13.9 Å². The molecule has 0 amide bonds. The summed E-state index contributed by atoms with van der Waals surface area (Å²) in [6.07, 6.45) is 5.17. The van der Waals surface area contributed by atoms with Crippen LogP contribution in [0.15, 0.2) is 23.3 Å². The van der Waals surface area contributed by atoms with Gasteiger partial charge in [0.15, 0.2) is 0 Å². The van der Waals surface area contributed by atoms with E-state index < -0.39 is 20.8 Å². The van der Waals surface area contributed by atoms with Crippen molar-refractivity contribution in [2.45, 2.75) is 39.2 Å². The van der Waals surface area contributed by atoms with E-state index in [0.717, 1.165) is 18.4 Å². The van der Waals surface area contributed by atoms with Crippen LogP contribution in [0, 0.1) is 0 Å². The molecule has 0 saturated carbocycles. The summed E-state index contributed by atoms with van der Waals surface area (Å²) in [6.45, 7) is 5.51. The highest BCUT2D eigenvalue weighted by atomic mass is 31.2. The van der Waals surface area contributed by atoms with Crippen molar-refractivity contribution in [3.63, 3.8) is 0 Å². The smallest absolute Gasteiger partial charge is 0.351 e. The second-order valence-corrected chi connectivity index (χ2v) is 8.41. The lowest BCUT2D eigenvalue weighted by atomic mass is 10.1. The minimum absolute atomic E-state index is 0.262. The Kier molecular flexibility index (Phi) is 8.14. The van der Waals surface area contributed by atoms with Crippen LogP contribution < -0.4 is 0 Å². The maximum absolute atomic E-state index is 10.9. The van der Waals surface area contributed by atoms with Crippen LogP contribution in [-0.4, -0.2) is 31.8 Å². The molecule has 4 N–H and O–H groups in total. The summed E-state index contributed by atoms with van der Waals surface area (Å²) < 4.78 is 26.6. The molecule has 0 rings (SSSR count). The predicted octanol–water partition coefficient (Wildman–Crippen LogP) is 2.33. The third-order valence-electron chi connectivity index (χ3n) is 2.34. The molecular weight excluding hydrogens is 306 g/mol. The van der Waals surface area contributed by atoms with E-state index in [-0.39, 0.29) is 6.61 Å². The fourth-order valence-corrected chi connectivity index (χ4v) is 3.49. The lowest BCUT2D eigenvalue weighted by molar-refractivity contribution is 0.134. The fourth-order valence-electron chi connectivity index (χ4n) is 1.36. The molecule has 20 heavy (non-hydrogen) atoms. The predicted molar refractivity (Wildman–Crippen MR) is 76.3 cm³/mol. The van der Waals surface area contributed by atoms with E-state index in [1.54, 1.807) is 6.08 Å². The van der Waals surface area contributed by atoms with Gasteiger partial charge in [0.1, 0.15) is 0 Å². The molecule has 0 unspecified atom stereocenters. The molecule has 0 aromatic heterocycles. The maximum Gasteiger partial charge on any atom is 0.366 e. The van der Waals surface area contributed by atoms with Gasteiger partial charge in [-0.3, -0.25) is 9.13 Å². The molecule has 0 aliphatic heterocycles. The summed E-state index contributed by atoms with van der Waals surface area (Å²) in [6, 6.07) is 0. The zero-order valence-electron chi connectivity index (χ0n) is 11.8. The normalized spacial score (nSPS) is 13.7. The molecule has 0 heterocycles. The summed E-state index contributed by atoms with van der Waals surface area (Å²) in [4.78, 5) is 35.4. The average Bonchev–Trinajstić information content (AvgIpc) is 2.20. The molecule has 0 aliphatic rings. The van der Waals surface area contributed by atoms with E-state index in [1.807, 2.05) is 26.8 Å². The van der Waals surface area contributed by atoms with Crippen molar-refractivity contribution in [2.24, 2.45) is 0 Å². The van der Waals surface area contributed by atoms with Gasteiger partial charge in [-0.25, -0.2) is 0 Å². The van der Waals surface area contributed by atoms with Crippen LogP contribution >= 0.6 is 15.2 Å². The molecule has 118 valence electrons. The Labute approximate surface area is 118 Å². The van der Waals surface area contributed by atoms with Crippen LogP contribution in [0.1, 0.15) is 33.6 Å². The Morgan fingerprint density at radius 2 is 1.55 bits per heavy atom. The second-order valence-electron chi connectivity index (χ2n) is 4.71. The van der Waals surface area contributed by atoms with Crippen molar-refractivity contribution in [3.05, 3.63) is 23.3 Å². The third-order valence-corrected chi connectivity index (χ3v) is 5.60. The van der Waals surface area contributed by atoms with Gasteiger partial charge in [-0.1, -0.05) is 23.3 Å². The minimum atomic E-state index is -5.02. The van der Waals surface area contributed by atoms with Crippen LogP contribution in [0.2, 0.25) is 0 Å². The number of ether oxygens (including phenoxy) is 1. The first-order valence-electron chi connectivity index (χ1n) is 5.95. The Balaban J connectivity index is 4.48.